The Bertz CT molecular complexity index is 1210. The minimum Gasteiger partial charge on any atom is -0.485 e. The second-order valence-corrected chi connectivity index (χ2v) is 6.69. The Kier molecular flexibility index (Phi) is 5.93. The van der Waals surface area contributed by atoms with E-state index in [-0.39, 0.29) is 30.3 Å². The van der Waals surface area contributed by atoms with Gasteiger partial charge in [0, 0.05) is 24.5 Å². The molecule has 0 radical (unpaired) electrons. The molecule has 10 heteroatoms. The fourth-order valence-corrected chi connectivity index (χ4v) is 2.99. The number of carbonyl (C=O) groups excluding carboxylic acids is 1. The summed E-state index contributed by atoms with van der Waals surface area (Å²) in [5.74, 6) is -0.366. The molecule has 0 saturated heterocycles. The van der Waals surface area contributed by atoms with Crippen molar-refractivity contribution in [1.29, 1.82) is 0 Å². The van der Waals surface area contributed by atoms with E-state index in [9.17, 15) is 14.9 Å². The van der Waals surface area contributed by atoms with E-state index in [0.717, 1.165) is 11.3 Å². The van der Waals surface area contributed by atoms with Crippen LogP contribution in [0.2, 0.25) is 0 Å². The highest BCUT2D eigenvalue weighted by Crippen LogP contribution is 2.23. The van der Waals surface area contributed by atoms with Crippen LogP contribution in [0.4, 0.5) is 5.69 Å². The first kappa shape index (κ1) is 20.8. The number of nitro groups is 1. The van der Waals surface area contributed by atoms with E-state index in [1.807, 2.05) is 36.5 Å². The molecule has 32 heavy (non-hydrogen) atoms. The van der Waals surface area contributed by atoms with Crippen LogP contribution in [-0.4, -0.2) is 37.1 Å². The number of benzene rings is 2. The molecule has 2 heterocycles. The Morgan fingerprint density at radius 3 is 2.38 bits per heavy atom. The van der Waals surface area contributed by atoms with Gasteiger partial charge in [-0.25, -0.2) is 14.2 Å². The predicted molar refractivity (Wildman–Crippen MR) is 114 cm³/mol. The molecule has 0 aliphatic heterocycles. The molecule has 2 aromatic heterocycles. The lowest BCUT2D eigenvalue weighted by Crippen LogP contribution is -2.08. The molecule has 0 bridgehead atoms. The van der Waals surface area contributed by atoms with Gasteiger partial charge in [-0.1, -0.05) is 12.1 Å². The Morgan fingerprint density at radius 1 is 1.06 bits per heavy atom. The van der Waals surface area contributed by atoms with E-state index < -0.39 is 10.9 Å². The molecule has 0 aliphatic rings. The Morgan fingerprint density at radius 2 is 1.75 bits per heavy atom. The standard InChI is InChI=1S/C22H19N5O5/c1-2-31-22(28)21-20(14-26(24-21)18-8-10-19(11-9-18)27(29)30)32-15-16-4-6-17(7-5-16)25-13-3-12-23-25/h3-14H,2,15H2,1H3. The molecule has 0 aliphatic carbocycles. The van der Waals surface area contributed by atoms with E-state index in [1.54, 1.807) is 24.0 Å². The topological polar surface area (TPSA) is 114 Å². The molecule has 4 rings (SSSR count). The summed E-state index contributed by atoms with van der Waals surface area (Å²) in [5, 5.41) is 19.3. The average Bonchev–Trinajstić information content (AvgIpc) is 3.49. The van der Waals surface area contributed by atoms with Crippen LogP contribution in [0.1, 0.15) is 23.0 Å². The Hall–Kier alpha value is -4.47. The largest absolute Gasteiger partial charge is 0.485 e. The SMILES string of the molecule is CCOC(=O)c1nn(-c2ccc([N+](=O)[O-])cc2)cc1OCc1ccc(-n2cccn2)cc1. The van der Waals surface area contributed by atoms with Gasteiger partial charge in [0.2, 0.25) is 5.69 Å². The lowest BCUT2D eigenvalue weighted by Gasteiger charge is -2.07. The summed E-state index contributed by atoms with van der Waals surface area (Å²) in [6, 6.07) is 15.3. The first-order valence-electron chi connectivity index (χ1n) is 9.78. The third-order valence-corrected chi connectivity index (χ3v) is 4.57. The Balaban J connectivity index is 1.55. The van der Waals surface area contributed by atoms with E-state index in [4.69, 9.17) is 9.47 Å². The zero-order valence-corrected chi connectivity index (χ0v) is 17.1. The normalized spacial score (nSPS) is 10.7. The third kappa shape index (κ3) is 4.48. The van der Waals surface area contributed by atoms with Gasteiger partial charge in [-0.05, 0) is 42.8 Å². The average molecular weight is 433 g/mol. The lowest BCUT2D eigenvalue weighted by atomic mass is 10.2. The zero-order chi connectivity index (χ0) is 22.5. The summed E-state index contributed by atoms with van der Waals surface area (Å²) in [6.07, 6.45) is 5.10. The highest BCUT2D eigenvalue weighted by atomic mass is 16.6. The number of hydrogen-bond acceptors (Lipinski definition) is 7. The lowest BCUT2D eigenvalue weighted by molar-refractivity contribution is -0.384. The van der Waals surface area contributed by atoms with Crippen LogP contribution >= 0.6 is 0 Å². The third-order valence-electron chi connectivity index (χ3n) is 4.57. The van der Waals surface area contributed by atoms with Gasteiger partial charge in [-0.2, -0.15) is 10.2 Å². The summed E-state index contributed by atoms with van der Waals surface area (Å²) in [6.45, 7) is 2.10. The molecule has 0 N–H and O–H groups in total. The van der Waals surface area contributed by atoms with Crippen molar-refractivity contribution in [1.82, 2.24) is 19.6 Å². The highest BCUT2D eigenvalue weighted by molar-refractivity contribution is 5.90. The second kappa shape index (κ2) is 9.13. The number of nitrogens with zero attached hydrogens (tertiary/aromatic N) is 5. The van der Waals surface area contributed by atoms with Crippen molar-refractivity contribution >= 4 is 11.7 Å². The van der Waals surface area contributed by atoms with E-state index in [0.29, 0.717) is 5.69 Å². The summed E-state index contributed by atoms with van der Waals surface area (Å²) in [5.41, 5.74) is 2.33. The van der Waals surface area contributed by atoms with Gasteiger partial charge in [0.1, 0.15) is 6.61 Å². The van der Waals surface area contributed by atoms with Gasteiger partial charge in [0.05, 0.1) is 29.1 Å². The maximum absolute atomic E-state index is 12.4. The molecule has 2 aromatic carbocycles. The summed E-state index contributed by atoms with van der Waals surface area (Å²) < 4.78 is 14.1. The Labute approximate surface area is 182 Å². The van der Waals surface area contributed by atoms with Crippen LogP contribution < -0.4 is 4.74 Å². The zero-order valence-electron chi connectivity index (χ0n) is 17.1. The minimum atomic E-state index is -0.614. The molecule has 162 valence electrons. The van der Waals surface area contributed by atoms with Crippen LogP contribution in [0.15, 0.2) is 73.2 Å². The fraction of sp³-hybridized carbons (Fsp3) is 0.136. The predicted octanol–water partition coefficient (Wildman–Crippen LogP) is 3.72. The quantitative estimate of drug-likeness (QED) is 0.236. The number of ether oxygens (including phenoxy) is 2. The molecule has 0 amide bonds. The molecule has 0 unspecified atom stereocenters. The van der Waals surface area contributed by atoms with Crippen LogP contribution in [0.25, 0.3) is 11.4 Å². The van der Waals surface area contributed by atoms with Gasteiger partial charge in [-0.15, -0.1) is 0 Å². The maximum atomic E-state index is 12.4. The van der Waals surface area contributed by atoms with Crippen LogP contribution in [-0.2, 0) is 11.3 Å². The second-order valence-electron chi connectivity index (χ2n) is 6.69. The van der Waals surface area contributed by atoms with Crippen LogP contribution in [0, 0.1) is 10.1 Å². The summed E-state index contributed by atoms with van der Waals surface area (Å²) in [7, 11) is 0. The molecule has 0 fully saturated rings. The maximum Gasteiger partial charge on any atom is 0.362 e. The minimum absolute atomic E-state index is 0.0263. The van der Waals surface area contributed by atoms with Gasteiger partial charge in [0.25, 0.3) is 5.69 Å². The number of hydrogen-bond donors (Lipinski definition) is 0. The molecule has 10 nitrogen and oxygen atoms in total. The van der Waals surface area contributed by atoms with Gasteiger partial charge in [-0.3, -0.25) is 10.1 Å². The van der Waals surface area contributed by atoms with Gasteiger partial charge < -0.3 is 9.47 Å². The molecule has 0 atom stereocenters. The van der Waals surface area contributed by atoms with Gasteiger partial charge in [0.15, 0.2) is 5.75 Å². The van der Waals surface area contributed by atoms with Crippen molar-refractivity contribution in [2.75, 3.05) is 6.61 Å². The van der Waals surface area contributed by atoms with E-state index in [1.165, 1.54) is 28.9 Å². The number of carbonyl (C=O) groups is 1. The first-order chi connectivity index (χ1) is 15.5. The van der Waals surface area contributed by atoms with Crippen molar-refractivity contribution in [3.05, 3.63) is 94.6 Å². The summed E-state index contributed by atoms with van der Waals surface area (Å²) in [4.78, 5) is 22.8. The molecule has 0 saturated carbocycles. The molecular weight excluding hydrogens is 414 g/mol. The smallest absolute Gasteiger partial charge is 0.362 e. The van der Waals surface area contributed by atoms with Crippen molar-refractivity contribution in [3.8, 4) is 17.1 Å². The van der Waals surface area contributed by atoms with E-state index >= 15 is 0 Å². The number of rotatable bonds is 8. The number of nitro benzene ring substituents is 1. The van der Waals surface area contributed by atoms with Gasteiger partial charge >= 0.3 is 5.97 Å². The number of aromatic nitrogens is 4. The number of esters is 1. The van der Waals surface area contributed by atoms with Crippen LogP contribution in [0.3, 0.4) is 0 Å². The summed E-state index contributed by atoms with van der Waals surface area (Å²) >= 11 is 0. The molecule has 0 spiro atoms. The molecular formula is C22H19N5O5. The molecule has 4 aromatic rings. The van der Waals surface area contributed by atoms with E-state index in [2.05, 4.69) is 10.2 Å². The van der Waals surface area contributed by atoms with Crippen molar-refractivity contribution < 1.29 is 19.2 Å². The first-order valence-corrected chi connectivity index (χ1v) is 9.78. The van der Waals surface area contributed by atoms with Crippen molar-refractivity contribution in [3.63, 3.8) is 0 Å². The van der Waals surface area contributed by atoms with Crippen LogP contribution in [0.5, 0.6) is 5.75 Å². The fourth-order valence-electron chi connectivity index (χ4n) is 2.99. The number of non-ortho nitro benzene ring substituents is 1. The van der Waals surface area contributed by atoms with Crippen molar-refractivity contribution in [2.45, 2.75) is 13.5 Å². The van der Waals surface area contributed by atoms with Crippen molar-refractivity contribution in [2.24, 2.45) is 0 Å². The monoisotopic (exact) mass is 433 g/mol. The highest BCUT2D eigenvalue weighted by Gasteiger charge is 2.20.